The first-order valence-corrected chi connectivity index (χ1v) is 7.80. The van der Waals surface area contributed by atoms with Crippen molar-refractivity contribution in [2.24, 2.45) is 11.8 Å². The van der Waals surface area contributed by atoms with Crippen LogP contribution in [0.15, 0.2) is 15.9 Å². The topological polar surface area (TPSA) is 37.3 Å². The van der Waals surface area contributed by atoms with E-state index < -0.39 is 5.97 Å². The Hall–Kier alpha value is -0.350. The van der Waals surface area contributed by atoms with E-state index in [0.29, 0.717) is 5.92 Å². The van der Waals surface area contributed by atoms with E-state index in [9.17, 15) is 9.90 Å². The summed E-state index contributed by atoms with van der Waals surface area (Å²) in [4.78, 5) is 12.6. The number of thiophene rings is 1. The minimum absolute atomic E-state index is 0.147. The molecule has 1 aromatic rings. The van der Waals surface area contributed by atoms with E-state index in [4.69, 9.17) is 0 Å². The van der Waals surface area contributed by atoms with E-state index in [2.05, 4.69) is 21.3 Å². The van der Waals surface area contributed by atoms with Gasteiger partial charge in [0.05, 0.1) is 5.92 Å². The summed E-state index contributed by atoms with van der Waals surface area (Å²) < 4.78 is 1.14. The summed E-state index contributed by atoms with van der Waals surface area (Å²) in [6, 6.07) is 2.05. The molecular weight excluding hydrogens is 300 g/mol. The van der Waals surface area contributed by atoms with Crippen molar-refractivity contribution in [1.82, 2.24) is 0 Å². The second-order valence-electron chi connectivity index (χ2n) is 4.74. The summed E-state index contributed by atoms with van der Waals surface area (Å²) in [7, 11) is 0. The number of rotatable bonds is 3. The molecule has 94 valence electrons. The van der Waals surface area contributed by atoms with Gasteiger partial charge >= 0.3 is 5.97 Å². The van der Waals surface area contributed by atoms with E-state index in [1.165, 1.54) is 17.7 Å². The molecule has 1 aromatic heterocycles. The summed E-state index contributed by atoms with van der Waals surface area (Å²) in [5.41, 5.74) is 0. The Balaban J connectivity index is 2.10. The van der Waals surface area contributed by atoms with Crippen LogP contribution in [0.2, 0.25) is 0 Å². The second-order valence-corrected chi connectivity index (χ2v) is 6.59. The van der Waals surface area contributed by atoms with Gasteiger partial charge in [0.15, 0.2) is 0 Å². The predicted molar refractivity (Wildman–Crippen MR) is 73.4 cm³/mol. The molecule has 2 unspecified atom stereocenters. The van der Waals surface area contributed by atoms with Crippen LogP contribution in [0.4, 0.5) is 0 Å². The zero-order valence-corrected chi connectivity index (χ0v) is 12.1. The van der Waals surface area contributed by atoms with Gasteiger partial charge in [-0.3, -0.25) is 4.79 Å². The van der Waals surface area contributed by atoms with Crippen molar-refractivity contribution in [3.63, 3.8) is 0 Å². The van der Waals surface area contributed by atoms with Gasteiger partial charge in [-0.05, 0) is 52.6 Å². The first-order valence-electron chi connectivity index (χ1n) is 6.13. The molecule has 0 radical (unpaired) electrons. The molecule has 1 saturated carbocycles. The smallest absolute Gasteiger partial charge is 0.306 e. The average Bonchev–Trinajstić information content (AvgIpc) is 2.55. The minimum Gasteiger partial charge on any atom is -0.481 e. The van der Waals surface area contributed by atoms with Crippen molar-refractivity contribution in [2.45, 2.75) is 38.5 Å². The molecule has 0 bridgehead atoms. The maximum absolute atomic E-state index is 11.3. The molecule has 0 saturated heterocycles. The summed E-state index contributed by atoms with van der Waals surface area (Å²) in [5, 5.41) is 11.4. The summed E-state index contributed by atoms with van der Waals surface area (Å²) >= 11 is 5.26. The Morgan fingerprint density at radius 3 is 2.82 bits per heavy atom. The lowest BCUT2D eigenvalue weighted by Gasteiger charge is -2.21. The lowest BCUT2D eigenvalue weighted by molar-refractivity contribution is -0.143. The molecule has 0 spiro atoms. The van der Waals surface area contributed by atoms with Crippen molar-refractivity contribution in [3.8, 4) is 0 Å². The zero-order chi connectivity index (χ0) is 12.3. The van der Waals surface area contributed by atoms with Crippen LogP contribution < -0.4 is 0 Å². The van der Waals surface area contributed by atoms with Gasteiger partial charge in [-0.2, -0.15) is 0 Å². The van der Waals surface area contributed by atoms with Gasteiger partial charge < -0.3 is 5.11 Å². The maximum atomic E-state index is 11.3. The molecule has 0 aliphatic heterocycles. The lowest BCUT2D eigenvalue weighted by atomic mass is 9.85. The molecule has 17 heavy (non-hydrogen) atoms. The standard InChI is InChI=1S/C13H17BrO2S/c14-11-6-7-17-12(11)8-9-4-2-1-3-5-10(9)13(15)16/h6-7,9-10H,1-5,8H2,(H,15,16). The number of hydrogen-bond acceptors (Lipinski definition) is 2. The van der Waals surface area contributed by atoms with E-state index in [-0.39, 0.29) is 5.92 Å². The third-order valence-corrected chi connectivity index (χ3v) is 5.56. The first kappa shape index (κ1) is 13.1. The predicted octanol–water partition coefficient (Wildman–Crippen LogP) is 4.33. The van der Waals surface area contributed by atoms with E-state index in [1.54, 1.807) is 11.3 Å². The zero-order valence-electron chi connectivity index (χ0n) is 9.69. The van der Waals surface area contributed by atoms with Gasteiger partial charge in [-0.15, -0.1) is 11.3 Å². The molecule has 2 rings (SSSR count). The van der Waals surface area contributed by atoms with Gasteiger partial charge in [0.25, 0.3) is 0 Å². The summed E-state index contributed by atoms with van der Waals surface area (Å²) in [6.45, 7) is 0. The molecule has 1 aliphatic rings. The normalized spacial score (nSPS) is 25.5. The van der Waals surface area contributed by atoms with E-state index >= 15 is 0 Å². The third kappa shape index (κ3) is 3.32. The number of aliphatic carboxylic acids is 1. The molecule has 4 heteroatoms. The number of carboxylic acid groups (broad SMARTS) is 1. The number of hydrogen-bond donors (Lipinski definition) is 1. The number of halogens is 1. The fraction of sp³-hybridized carbons (Fsp3) is 0.615. The van der Waals surface area contributed by atoms with Crippen molar-refractivity contribution in [3.05, 3.63) is 20.8 Å². The second kappa shape index (κ2) is 6.01. The molecule has 1 heterocycles. The van der Waals surface area contributed by atoms with Crippen LogP contribution in [0.25, 0.3) is 0 Å². The van der Waals surface area contributed by atoms with Crippen molar-refractivity contribution < 1.29 is 9.90 Å². The largest absolute Gasteiger partial charge is 0.481 e. The van der Waals surface area contributed by atoms with Crippen LogP contribution in [-0.4, -0.2) is 11.1 Å². The minimum atomic E-state index is -0.607. The Morgan fingerprint density at radius 1 is 1.41 bits per heavy atom. The van der Waals surface area contributed by atoms with Crippen molar-refractivity contribution in [2.75, 3.05) is 0 Å². The van der Waals surface area contributed by atoms with Crippen molar-refractivity contribution in [1.29, 1.82) is 0 Å². The molecule has 0 amide bonds. The van der Waals surface area contributed by atoms with Gasteiger partial charge in [-0.25, -0.2) is 0 Å². The highest BCUT2D eigenvalue weighted by Gasteiger charge is 2.30. The van der Waals surface area contributed by atoms with Crippen molar-refractivity contribution >= 4 is 33.2 Å². The maximum Gasteiger partial charge on any atom is 0.306 e. The monoisotopic (exact) mass is 316 g/mol. The van der Waals surface area contributed by atoms with Gasteiger partial charge in [0.1, 0.15) is 0 Å². The molecule has 2 atom stereocenters. The van der Waals surface area contributed by atoms with Crippen LogP contribution >= 0.6 is 27.3 Å². The molecule has 1 N–H and O–H groups in total. The fourth-order valence-electron chi connectivity index (χ4n) is 2.66. The quantitative estimate of drug-likeness (QED) is 0.842. The molecule has 1 fully saturated rings. The molecule has 0 aromatic carbocycles. The Bertz CT molecular complexity index is 389. The van der Waals surface area contributed by atoms with Crippen LogP contribution in [0.3, 0.4) is 0 Å². The number of carboxylic acids is 1. The summed E-state index contributed by atoms with van der Waals surface area (Å²) in [5.74, 6) is -0.443. The van der Waals surface area contributed by atoms with Crippen LogP contribution in [-0.2, 0) is 11.2 Å². The van der Waals surface area contributed by atoms with Gasteiger partial charge in [0.2, 0.25) is 0 Å². The van der Waals surface area contributed by atoms with Crippen LogP contribution in [0, 0.1) is 11.8 Å². The fourth-order valence-corrected chi connectivity index (χ4v) is 4.27. The van der Waals surface area contributed by atoms with Gasteiger partial charge in [-0.1, -0.05) is 19.3 Å². The highest BCUT2D eigenvalue weighted by molar-refractivity contribution is 9.10. The average molecular weight is 317 g/mol. The summed E-state index contributed by atoms with van der Waals surface area (Å²) in [6.07, 6.45) is 6.25. The molecule has 1 aliphatic carbocycles. The Labute approximate surface area is 114 Å². The lowest BCUT2D eigenvalue weighted by Crippen LogP contribution is -2.24. The highest BCUT2D eigenvalue weighted by atomic mass is 79.9. The van der Waals surface area contributed by atoms with Crippen LogP contribution in [0.1, 0.15) is 37.0 Å². The Kier molecular flexibility index (Phi) is 4.62. The van der Waals surface area contributed by atoms with E-state index in [1.807, 2.05) is 6.07 Å². The SMILES string of the molecule is O=C(O)C1CCCCCC1Cc1sccc1Br. The van der Waals surface area contributed by atoms with Crippen LogP contribution in [0.5, 0.6) is 0 Å². The third-order valence-electron chi connectivity index (χ3n) is 3.61. The Morgan fingerprint density at radius 2 is 2.18 bits per heavy atom. The van der Waals surface area contributed by atoms with E-state index in [0.717, 1.165) is 30.2 Å². The first-order chi connectivity index (χ1) is 8.18. The number of carbonyl (C=O) groups is 1. The van der Waals surface area contributed by atoms with Gasteiger partial charge in [0, 0.05) is 9.35 Å². The highest BCUT2D eigenvalue weighted by Crippen LogP contribution is 2.35. The molecular formula is C13H17BrO2S. The molecule has 2 nitrogen and oxygen atoms in total.